The fourth-order valence-electron chi connectivity index (χ4n) is 4.81. The molecule has 3 aliphatic rings. The first-order chi connectivity index (χ1) is 15.3. The van der Waals surface area contributed by atoms with E-state index in [1.165, 1.54) is 0 Å². The first kappa shape index (κ1) is 22.4. The molecule has 1 heterocycles. The van der Waals surface area contributed by atoms with Gasteiger partial charge in [-0.25, -0.2) is 14.8 Å². The van der Waals surface area contributed by atoms with Crippen LogP contribution in [-0.2, 0) is 6.54 Å². The van der Waals surface area contributed by atoms with Crippen molar-refractivity contribution >= 4 is 17.6 Å². The lowest BCUT2D eigenvalue weighted by Crippen LogP contribution is -2.51. The lowest BCUT2D eigenvalue weighted by molar-refractivity contribution is 0.0697. The number of nitrogens with zero attached hydrogens (tertiary/aromatic N) is 3. The molecule has 0 bridgehead atoms. The molecule has 1 aromatic rings. The standard InChI is InChI=1S/C25H33N5O2/c1-25-15-5-4-6-21(25)28-24(29-23(25)30(2)3)27-20-13-11-19(12-14-20)26-16-17-7-9-18(10-8-17)22(31)32/h4-10,15,19-20,23,26H,11-14,16H2,1-3H3,(H,27,29)(H,31,32). The Morgan fingerprint density at radius 2 is 1.81 bits per heavy atom. The van der Waals surface area contributed by atoms with Gasteiger partial charge < -0.3 is 15.7 Å². The van der Waals surface area contributed by atoms with Crippen molar-refractivity contribution in [3.8, 4) is 0 Å². The number of hydrogen-bond acceptors (Lipinski definition) is 6. The quantitative estimate of drug-likeness (QED) is 0.639. The van der Waals surface area contributed by atoms with Gasteiger partial charge >= 0.3 is 5.97 Å². The van der Waals surface area contributed by atoms with Crippen LogP contribution >= 0.6 is 0 Å². The van der Waals surface area contributed by atoms with Crippen LogP contribution in [0.5, 0.6) is 0 Å². The highest BCUT2D eigenvalue weighted by Gasteiger charge is 2.41. The predicted octanol–water partition coefficient (Wildman–Crippen LogP) is 3.21. The number of guanidine groups is 1. The van der Waals surface area contributed by atoms with E-state index in [1.54, 1.807) is 12.1 Å². The summed E-state index contributed by atoms with van der Waals surface area (Å²) < 4.78 is 0. The summed E-state index contributed by atoms with van der Waals surface area (Å²) in [6.07, 6.45) is 12.8. The number of carbonyl (C=O) groups is 1. The Labute approximate surface area is 190 Å². The minimum absolute atomic E-state index is 0.0178. The molecule has 1 saturated carbocycles. The molecule has 7 nitrogen and oxygen atoms in total. The molecule has 0 amide bonds. The average Bonchev–Trinajstić information content (AvgIpc) is 2.78. The van der Waals surface area contributed by atoms with E-state index < -0.39 is 5.97 Å². The third-order valence-electron chi connectivity index (χ3n) is 6.71. The van der Waals surface area contributed by atoms with Crippen LogP contribution in [0.25, 0.3) is 0 Å². The molecule has 4 rings (SSSR count). The van der Waals surface area contributed by atoms with Crippen LogP contribution in [0.3, 0.4) is 0 Å². The largest absolute Gasteiger partial charge is 0.478 e. The fraction of sp³-hybridized carbons (Fsp3) is 0.480. The maximum atomic E-state index is 11.0. The number of carboxylic acid groups (broad SMARTS) is 1. The third-order valence-corrected chi connectivity index (χ3v) is 6.71. The highest BCUT2D eigenvalue weighted by atomic mass is 16.4. The van der Waals surface area contributed by atoms with Gasteiger partial charge in [-0.1, -0.05) is 30.4 Å². The van der Waals surface area contributed by atoms with Gasteiger partial charge in [-0.15, -0.1) is 0 Å². The predicted molar refractivity (Wildman–Crippen MR) is 128 cm³/mol. The summed E-state index contributed by atoms with van der Waals surface area (Å²) in [7, 11) is 4.14. The molecule has 1 aliphatic heterocycles. The summed E-state index contributed by atoms with van der Waals surface area (Å²) in [6, 6.07) is 7.94. The number of allylic oxidation sites excluding steroid dienone is 3. The summed E-state index contributed by atoms with van der Waals surface area (Å²) >= 11 is 0. The van der Waals surface area contributed by atoms with Crippen molar-refractivity contribution in [2.45, 2.75) is 57.4 Å². The Balaban J connectivity index is 1.30. The molecule has 7 heteroatoms. The van der Waals surface area contributed by atoms with Crippen LogP contribution in [0.15, 0.2) is 58.6 Å². The lowest BCUT2D eigenvalue weighted by atomic mass is 9.77. The zero-order chi connectivity index (χ0) is 22.7. The molecule has 2 aliphatic carbocycles. The number of benzene rings is 1. The van der Waals surface area contributed by atoms with Crippen LogP contribution in [0.2, 0.25) is 0 Å². The molecule has 1 fully saturated rings. The second kappa shape index (κ2) is 9.38. The minimum Gasteiger partial charge on any atom is -0.478 e. The van der Waals surface area contributed by atoms with Crippen LogP contribution in [0.4, 0.5) is 0 Å². The number of aromatic carboxylic acids is 1. The summed E-state index contributed by atoms with van der Waals surface area (Å²) in [5.41, 5.74) is 2.29. The van der Waals surface area contributed by atoms with E-state index in [0.717, 1.165) is 49.5 Å². The van der Waals surface area contributed by atoms with Crippen LogP contribution in [0.1, 0.15) is 48.5 Å². The van der Waals surface area contributed by atoms with Gasteiger partial charge in [-0.2, -0.15) is 0 Å². The zero-order valence-corrected chi connectivity index (χ0v) is 19.1. The van der Waals surface area contributed by atoms with Gasteiger partial charge in [0, 0.05) is 18.6 Å². The summed E-state index contributed by atoms with van der Waals surface area (Å²) in [5.74, 6) is -0.147. The Bertz CT molecular complexity index is 955. The maximum absolute atomic E-state index is 11.0. The molecular weight excluding hydrogens is 402 g/mol. The first-order valence-electron chi connectivity index (χ1n) is 11.4. The van der Waals surface area contributed by atoms with E-state index >= 15 is 0 Å². The molecule has 2 atom stereocenters. The Hall–Kier alpha value is -2.77. The van der Waals surface area contributed by atoms with Crippen molar-refractivity contribution in [3.05, 3.63) is 59.7 Å². The fourth-order valence-corrected chi connectivity index (χ4v) is 4.81. The molecule has 3 N–H and O–H groups in total. The van der Waals surface area contributed by atoms with Crippen molar-refractivity contribution < 1.29 is 9.90 Å². The van der Waals surface area contributed by atoms with E-state index in [-0.39, 0.29) is 11.6 Å². The van der Waals surface area contributed by atoms with Crippen LogP contribution in [0, 0.1) is 5.41 Å². The number of rotatable bonds is 6. The van der Waals surface area contributed by atoms with Gasteiger partial charge in [0.05, 0.1) is 16.7 Å². The van der Waals surface area contributed by atoms with Crippen molar-refractivity contribution in [1.82, 2.24) is 15.5 Å². The van der Waals surface area contributed by atoms with Gasteiger partial charge in [0.25, 0.3) is 0 Å². The Morgan fingerprint density at radius 1 is 1.12 bits per heavy atom. The van der Waals surface area contributed by atoms with Gasteiger partial charge in [0.1, 0.15) is 6.17 Å². The highest BCUT2D eigenvalue weighted by molar-refractivity contribution is 6.10. The van der Waals surface area contributed by atoms with Crippen molar-refractivity contribution in [3.63, 3.8) is 0 Å². The average molecular weight is 436 g/mol. The van der Waals surface area contributed by atoms with E-state index in [4.69, 9.17) is 15.1 Å². The van der Waals surface area contributed by atoms with Gasteiger partial charge in [0.2, 0.25) is 5.96 Å². The van der Waals surface area contributed by atoms with Crippen molar-refractivity contribution in [2.75, 3.05) is 14.1 Å². The number of carboxylic acids is 1. The summed E-state index contributed by atoms with van der Waals surface area (Å²) in [6.45, 7) is 2.95. The molecule has 2 unspecified atom stereocenters. The minimum atomic E-state index is -0.888. The third kappa shape index (κ3) is 4.84. The highest BCUT2D eigenvalue weighted by Crippen LogP contribution is 2.35. The van der Waals surface area contributed by atoms with E-state index in [2.05, 4.69) is 54.8 Å². The first-order valence-corrected chi connectivity index (χ1v) is 11.4. The molecule has 170 valence electrons. The molecule has 32 heavy (non-hydrogen) atoms. The van der Waals surface area contributed by atoms with E-state index in [9.17, 15) is 4.79 Å². The number of aliphatic imine (C=N–C) groups is 2. The lowest BCUT2D eigenvalue weighted by Gasteiger charge is -2.41. The van der Waals surface area contributed by atoms with Gasteiger partial charge in [-0.05, 0) is 70.5 Å². The monoisotopic (exact) mass is 435 g/mol. The molecule has 0 spiro atoms. The second-order valence-electron chi connectivity index (χ2n) is 9.36. The molecule has 0 saturated heterocycles. The van der Waals surface area contributed by atoms with E-state index in [0.29, 0.717) is 17.6 Å². The SMILES string of the molecule is CN(C)C1N=C(NC2CCC(NCc3ccc(C(=O)O)cc3)CC2)N=C2C=CC=CC21C. The van der Waals surface area contributed by atoms with E-state index in [1.807, 2.05) is 18.2 Å². The second-order valence-corrected chi connectivity index (χ2v) is 9.36. The molecule has 1 aromatic carbocycles. The summed E-state index contributed by atoms with van der Waals surface area (Å²) in [4.78, 5) is 22.9. The smallest absolute Gasteiger partial charge is 0.335 e. The van der Waals surface area contributed by atoms with Gasteiger partial charge in [0.15, 0.2) is 0 Å². The normalized spacial score (nSPS) is 29.3. The Kier molecular flexibility index (Phi) is 6.58. The zero-order valence-electron chi connectivity index (χ0n) is 19.1. The number of hydrogen-bond donors (Lipinski definition) is 3. The molecule has 0 radical (unpaired) electrons. The van der Waals surface area contributed by atoms with Crippen LogP contribution < -0.4 is 10.6 Å². The topological polar surface area (TPSA) is 89.3 Å². The molecule has 0 aromatic heterocycles. The van der Waals surface area contributed by atoms with Gasteiger partial charge in [-0.3, -0.25) is 4.90 Å². The number of fused-ring (bicyclic) bond motifs is 1. The van der Waals surface area contributed by atoms with Crippen LogP contribution in [-0.4, -0.2) is 60.0 Å². The Morgan fingerprint density at radius 3 is 2.47 bits per heavy atom. The molecular formula is C25H33N5O2. The van der Waals surface area contributed by atoms with Crippen molar-refractivity contribution in [1.29, 1.82) is 0 Å². The maximum Gasteiger partial charge on any atom is 0.335 e. The van der Waals surface area contributed by atoms with Crippen molar-refractivity contribution in [2.24, 2.45) is 15.4 Å². The number of nitrogens with one attached hydrogen (secondary N) is 2. The summed E-state index contributed by atoms with van der Waals surface area (Å²) in [5, 5.41) is 16.2.